The number of allylic oxidation sites excluding steroid dienone is 1. The summed E-state index contributed by atoms with van der Waals surface area (Å²) < 4.78 is 7.52. The molecule has 0 radical (unpaired) electrons. The Morgan fingerprint density at radius 2 is 2.07 bits per heavy atom. The van der Waals surface area contributed by atoms with Gasteiger partial charge in [0.2, 0.25) is 0 Å². The number of benzene rings is 1. The third-order valence-corrected chi connectivity index (χ3v) is 7.06. The predicted molar refractivity (Wildman–Crippen MR) is 120 cm³/mol. The first-order chi connectivity index (χ1) is 14.2. The molecule has 0 spiro atoms. The monoisotopic (exact) mass is 424 g/mol. The highest BCUT2D eigenvalue weighted by Gasteiger charge is 2.26. The largest absolute Gasteiger partial charge is 0.462 e. The molecule has 6 heteroatoms. The number of fused-ring (bicyclic) bond motifs is 1. The Balaban J connectivity index is 1.86. The molecule has 4 rings (SSSR count). The number of carbonyl (C=O) groups excluding carboxylic acids is 1. The molecule has 4 nitrogen and oxygen atoms in total. The van der Waals surface area contributed by atoms with E-state index in [-0.39, 0.29) is 5.97 Å². The maximum atomic E-state index is 12.7. The zero-order chi connectivity index (χ0) is 20.2. The molecule has 3 aromatic rings. The fourth-order valence-corrected chi connectivity index (χ4v) is 5.92. The number of thiophene rings is 1. The fourth-order valence-electron chi connectivity index (χ4n) is 3.69. The van der Waals surface area contributed by atoms with Crippen molar-refractivity contribution >= 4 is 33.6 Å². The van der Waals surface area contributed by atoms with Crippen LogP contribution < -0.4 is 4.80 Å². The van der Waals surface area contributed by atoms with Crippen molar-refractivity contribution in [1.82, 2.24) is 4.57 Å². The summed E-state index contributed by atoms with van der Waals surface area (Å²) in [6, 6.07) is 10.3. The Morgan fingerprint density at radius 1 is 1.28 bits per heavy atom. The normalized spacial score (nSPS) is 13.9. The first kappa shape index (κ1) is 19.9. The molecule has 29 heavy (non-hydrogen) atoms. The van der Waals surface area contributed by atoms with Crippen molar-refractivity contribution < 1.29 is 9.53 Å². The molecule has 2 heterocycles. The predicted octanol–water partition coefficient (Wildman–Crippen LogP) is 5.75. The lowest BCUT2D eigenvalue weighted by Crippen LogP contribution is -2.15. The van der Waals surface area contributed by atoms with Gasteiger partial charge in [-0.3, -0.25) is 0 Å². The Morgan fingerprint density at radius 3 is 2.83 bits per heavy atom. The summed E-state index contributed by atoms with van der Waals surface area (Å²) in [6.07, 6.45) is 6.12. The number of hydrogen-bond donors (Lipinski definition) is 0. The zero-order valence-electron chi connectivity index (χ0n) is 16.5. The van der Waals surface area contributed by atoms with Crippen molar-refractivity contribution in [3.63, 3.8) is 0 Å². The van der Waals surface area contributed by atoms with Crippen molar-refractivity contribution in [2.75, 3.05) is 6.61 Å². The highest BCUT2D eigenvalue weighted by molar-refractivity contribution is 7.16. The van der Waals surface area contributed by atoms with Crippen molar-refractivity contribution in [1.29, 1.82) is 0 Å². The van der Waals surface area contributed by atoms with Crippen molar-refractivity contribution in [2.45, 2.75) is 39.2 Å². The number of aromatic nitrogens is 1. The second-order valence-electron chi connectivity index (χ2n) is 6.89. The molecular weight excluding hydrogens is 400 g/mol. The number of nitrogens with zero attached hydrogens (tertiary/aromatic N) is 2. The number of aryl methyl sites for hydroxylation is 1. The second kappa shape index (κ2) is 8.93. The van der Waals surface area contributed by atoms with Crippen LogP contribution in [0.5, 0.6) is 0 Å². The first-order valence-corrected chi connectivity index (χ1v) is 11.6. The molecule has 0 atom stereocenters. The van der Waals surface area contributed by atoms with E-state index in [1.165, 1.54) is 11.3 Å². The summed E-state index contributed by atoms with van der Waals surface area (Å²) in [5.41, 5.74) is 4.07. The van der Waals surface area contributed by atoms with Gasteiger partial charge in [0.1, 0.15) is 5.00 Å². The number of thiazole rings is 1. The summed E-state index contributed by atoms with van der Waals surface area (Å²) >= 11 is 3.23. The molecule has 0 fully saturated rings. The van der Waals surface area contributed by atoms with Gasteiger partial charge in [0, 0.05) is 16.8 Å². The molecule has 0 saturated carbocycles. The molecule has 2 aromatic heterocycles. The molecule has 1 aromatic carbocycles. The molecule has 0 bridgehead atoms. The summed E-state index contributed by atoms with van der Waals surface area (Å²) in [5.74, 6) is -0.249. The average Bonchev–Trinajstić information content (AvgIpc) is 3.30. The topological polar surface area (TPSA) is 43.6 Å². The minimum absolute atomic E-state index is 0.249. The molecule has 150 valence electrons. The number of hydrogen-bond acceptors (Lipinski definition) is 5. The van der Waals surface area contributed by atoms with Gasteiger partial charge >= 0.3 is 5.97 Å². The van der Waals surface area contributed by atoms with E-state index in [1.54, 1.807) is 22.7 Å². The Bertz CT molecular complexity index is 1090. The van der Waals surface area contributed by atoms with E-state index in [1.807, 2.05) is 31.2 Å². The van der Waals surface area contributed by atoms with Gasteiger partial charge in [-0.2, -0.15) is 0 Å². The molecule has 0 N–H and O–H groups in total. The van der Waals surface area contributed by atoms with Crippen LogP contribution in [0.25, 0.3) is 11.3 Å². The Labute approximate surface area is 178 Å². The number of carbonyl (C=O) groups is 1. The molecule has 1 aliphatic carbocycles. The van der Waals surface area contributed by atoms with Crippen LogP contribution in [0.2, 0.25) is 0 Å². The van der Waals surface area contributed by atoms with E-state index in [2.05, 4.69) is 28.7 Å². The van der Waals surface area contributed by atoms with Crippen LogP contribution >= 0.6 is 22.7 Å². The van der Waals surface area contributed by atoms with Crippen LogP contribution in [0.4, 0.5) is 5.00 Å². The van der Waals surface area contributed by atoms with E-state index < -0.39 is 0 Å². The minimum atomic E-state index is -0.249. The molecular formula is C23H24N2O2S2. The van der Waals surface area contributed by atoms with E-state index in [0.717, 1.165) is 45.9 Å². The van der Waals surface area contributed by atoms with Gasteiger partial charge in [-0.25, -0.2) is 9.79 Å². The second-order valence-corrected chi connectivity index (χ2v) is 8.81. The van der Waals surface area contributed by atoms with Gasteiger partial charge in [-0.15, -0.1) is 29.3 Å². The van der Waals surface area contributed by atoms with Gasteiger partial charge in [0.05, 0.1) is 17.9 Å². The average molecular weight is 425 g/mol. The lowest BCUT2D eigenvalue weighted by atomic mass is 9.95. The third kappa shape index (κ3) is 4.00. The molecule has 0 aliphatic heterocycles. The van der Waals surface area contributed by atoms with Gasteiger partial charge < -0.3 is 9.30 Å². The van der Waals surface area contributed by atoms with Crippen LogP contribution in [0.15, 0.2) is 53.4 Å². The van der Waals surface area contributed by atoms with E-state index in [4.69, 9.17) is 9.73 Å². The smallest absolute Gasteiger partial charge is 0.341 e. The lowest BCUT2D eigenvalue weighted by molar-refractivity contribution is 0.0526. The maximum absolute atomic E-state index is 12.7. The van der Waals surface area contributed by atoms with Crippen LogP contribution in [-0.4, -0.2) is 17.1 Å². The van der Waals surface area contributed by atoms with Crippen molar-refractivity contribution in [3.05, 3.63) is 69.2 Å². The number of esters is 1. The van der Waals surface area contributed by atoms with Crippen LogP contribution in [-0.2, 0) is 24.1 Å². The highest BCUT2D eigenvalue weighted by atomic mass is 32.1. The molecule has 1 aliphatic rings. The van der Waals surface area contributed by atoms with Crippen molar-refractivity contribution in [3.8, 4) is 11.3 Å². The SMILES string of the molecule is C=CCn1c(-c2ccccc2)cs/c1=N\c1sc2c(c1C(=O)OCC)CCCC2. The minimum Gasteiger partial charge on any atom is -0.462 e. The maximum Gasteiger partial charge on any atom is 0.341 e. The summed E-state index contributed by atoms with van der Waals surface area (Å²) in [5, 5.41) is 2.89. The zero-order valence-corrected chi connectivity index (χ0v) is 18.2. The van der Waals surface area contributed by atoms with E-state index >= 15 is 0 Å². The van der Waals surface area contributed by atoms with Crippen molar-refractivity contribution in [2.24, 2.45) is 4.99 Å². The quantitative estimate of drug-likeness (QED) is 0.373. The van der Waals surface area contributed by atoms with Crippen LogP contribution in [0.3, 0.4) is 0 Å². The highest BCUT2D eigenvalue weighted by Crippen LogP contribution is 2.40. The van der Waals surface area contributed by atoms with Gasteiger partial charge in [0.15, 0.2) is 4.80 Å². The van der Waals surface area contributed by atoms with Gasteiger partial charge in [-0.05, 0) is 43.7 Å². The first-order valence-electron chi connectivity index (χ1n) is 9.94. The third-order valence-electron chi connectivity index (χ3n) is 5.01. The molecule has 0 saturated heterocycles. The van der Waals surface area contributed by atoms with E-state index in [9.17, 15) is 4.79 Å². The summed E-state index contributed by atoms with van der Waals surface area (Å²) in [4.78, 5) is 19.9. The van der Waals surface area contributed by atoms with Gasteiger partial charge in [0.25, 0.3) is 0 Å². The van der Waals surface area contributed by atoms with Crippen LogP contribution in [0, 0.1) is 0 Å². The van der Waals surface area contributed by atoms with Crippen LogP contribution in [0.1, 0.15) is 40.6 Å². The Hall–Kier alpha value is -2.44. The molecule has 0 amide bonds. The number of ether oxygens (including phenoxy) is 1. The molecule has 0 unspecified atom stereocenters. The summed E-state index contributed by atoms with van der Waals surface area (Å²) in [6.45, 7) is 6.79. The Kier molecular flexibility index (Phi) is 6.11. The fraction of sp³-hybridized carbons (Fsp3) is 0.304. The van der Waals surface area contributed by atoms with Gasteiger partial charge in [-0.1, -0.05) is 36.4 Å². The lowest BCUT2D eigenvalue weighted by Gasteiger charge is -2.11. The summed E-state index contributed by atoms with van der Waals surface area (Å²) in [7, 11) is 0. The number of rotatable bonds is 6. The van der Waals surface area contributed by atoms with E-state index in [0.29, 0.717) is 18.7 Å². The standard InChI is InChI=1S/C23H24N2O2S2/c1-3-14-25-18(16-10-6-5-7-11-16)15-28-23(25)24-21-20(22(26)27-4-2)17-12-8-9-13-19(17)29-21/h3,5-7,10-11,15H,1,4,8-9,12-14H2,2H3/b24-23-.